The van der Waals surface area contributed by atoms with E-state index >= 15 is 0 Å². The number of hydrogen-bond donors (Lipinski definition) is 2. The predicted molar refractivity (Wildman–Crippen MR) is 69.4 cm³/mol. The molecular weight excluding hydrogens is 228 g/mol. The SMILES string of the molecule is Cc1cccc2c1NC(=O)C(c1cnn(C)c1)N2. The number of fused-ring (bicyclic) bond motifs is 1. The second-order valence-corrected chi connectivity index (χ2v) is 4.51. The minimum absolute atomic E-state index is 0.0511. The Balaban J connectivity index is 2.00. The summed E-state index contributed by atoms with van der Waals surface area (Å²) in [7, 11) is 1.84. The fraction of sp³-hybridized carbons (Fsp3) is 0.231. The lowest BCUT2D eigenvalue weighted by Crippen LogP contribution is -2.32. The second-order valence-electron chi connectivity index (χ2n) is 4.51. The van der Waals surface area contributed by atoms with Gasteiger partial charge in [0.25, 0.3) is 5.91 Å². The highest BCUT2D eigenvalue weighted by Crippen LogP contribution is 2.34. The largest absolute Gasteiger partial charge is 0.368 e. The molecular formula is C13H14N4O. The van der Waals surface area contributed by atoms with Crippen LogP contribution in [0, 0.1) is 6.92 Å². The van der Waals surface area contributed by atoms with Crippen LogP contribution in [-0.2, 0) is 11.8 Å². The van der Waals surface area contributed by atoms with Crippen molar-refractivity contribution in [3.63, 3.8) is 0 Å². The van der Waals surface area contributed by atoms with E-state index in [1.807, 2.05) is 38.4 Å². The number of aromatic nitrogens is 2. The highest BCUT2D eigenvalue weighted by Gasteiger charge is 2.28. The van der Waals surface area contributed by atoms with Gasteiger partial charge in [0.15, 0.2) is 0 Å². The average molecular weight is 242 g/mol. The van der Waals surface area contributed by atoms with Gasteiger partial charge in [-0.2, -0.15) is 5.10 Å². The number of rotatable bonds is 1. The summed E-state index contributed by atoms with van der Waals surface area (Å²) in [5, 5.41) is 10.3. The molecule has 0 aliphatic carbocycles. The first-order chi connectivity index (χ1) is 8.65. The van der Waals surface area contributed by atoms with Crippen molar-refractivity contribution >= 4 is 17.3 Å². The zero-order valence-electron chi connectivity index (χ0n) is 10.3. The number of benzene rings is 1. The van der Waals surface area contributed by atoms with Crippen molar-refractivity contribution in [1.29, 1.82) is 0 Å². The molecule has 5 nitrogen and oxygen atoms in total. The van der Waals surface area contributed by atoms with Crippen molar-refractivity contribution < 1.29 is 4.79 Å². The molecule has 0 saturated heterocycles. The molecule has 92 valence electrons. The lowest BCUT2D eigenvalue weighted by Gasteiger charge is -2.27. The molecule has 0 fully saturated rings. The number of aryl methyl sites for hydroxylation is 2. The van der Waals surface area contributed by atoms with Gasteiger partial charge in [0, 0.05) is 18.8 Å². The maximum atomic E-state index is 12.1. The third-order valence-corrected chi connectivity index (χ3v) is 3.14. The molecule has 1 aromatic carbocycles. The summed E-state index contributed by atoms with van der Waals surface area (Å²) in [5.74, 6) is -0.0511. The van der Waals surface area contributed by atoms with Crippen molar-refractivity contribution in [3.8, 4) is 0 Å². The van der Waals surface area contributed by atoms with E-state index in [9.17, 15) is 4.79 Å². The lowest BCUT2D eigenvalue weighted by molar-refractivity contribution is -0.117. The minimum atomic E-state index is -0.381. The molecule has 0 saturated carbocycles. The molecule has 2 N–H and O–H groups in total. The van der Waals surface area contributed by atoms with Gasteiger partial charge in [-0.15, -0.1) is 0 Å². The first-order valence-corrected chi connectivity index (χ1v) is 5.81. The summed E-state index contributed by atoms with van der Waals surface area (Å²) in [4.78, 5) is 12.1. The fourth-order valence-corrected chi connectivity index (χ4v) is 2.19. The van der Waals surface area contributed by atoms with Gasteiger partial charge in [0.1, 0.15) is 6.04 Å². The third-order valence-electron chi connectivity index (χ3n) is 3.14. The Kier molecular flexibility index (Phi) is 2.33. The number of para-hydroxylation sites is 1. The second kappa shape index (κ2) is 3.87. The van der Waals surface area contributed by atoms with Crippen molar-refractivity contribution in [2.24, 2.45) is 7.05 Å². The van der Waals surface area contributed by atoms with Gasteiger partial charge < -0.3 is 10.6 Å². The molecule has 0 bridgehead atoms. The van der Waals surface area contributed by atoms with Crippen LogP contribution in [0.1, 0.15) is 17.2 Å². The highest BCUT2D eigenvalue weighted by molar-refractivity contribution is 6.04. The topological polar surface area (TPSA) is 59.0 Å². The van der Waals surface area contributed by atoms with Crippen molar-refractivity contribution in [3.05, 3.63) is 41.7 Å². The Labute approximate surface area is 105 Å². The van der Waals surface area contributed by atoms with Crippen LogP contribution >= 0.6 is 0 Å². The zero-order chi connectivity index (χ0) is 12.7. The molecule has 1 aromatic heterocycles. The molecule has 0 spiro atoms. The molecule has 5 heteroatoms. The van der Waals surface area contributed by atoms with Gasteiger partial charge in [-0.3, -0.25) is 9.48 Å². The predicted octanol–water partition coefficient (Wildman–Crippen LogP) is 1.83. The van der Waals surface area contributed by atoms with E-state index < -0.39 is 0 Å². The van der Waals surface area contributed by atoms with Crippen molar-refractivity contribution in [2.45, 2.75) is 13.0 Å². The molecule has 0 radical (unpaired) electrons. The van der Waals surface area contributed by atoms with Gasteiger partial charge in [0.2, 0.25) is 0 Å². The van der Waals surface area contributed by atoms with E-state index in [0.29, 0.717) is 0 Å². The maximum absolute atomic E-state index is 12.1. The van der Waals surface area contributed by atoms with Gasteiger partial charge in [0.05, 0.1) is 17.6 Å². The summed E-state index contributed by atoms with van der Waals surface area (Å²) >= 11 is 0. The Bertz CT molecular complexity index is 617. The van der Waals surface area contributed by atoms with E-state index in [1.54, 1.807) is 10.9 Å². The van der Waals surface area contributed by atoms with Crippen molar-refractivity contribution in [1.82, 2.24) is 9.78 Å². The summed E-state index contributed by atoms with van der Waals surface area (Å²) in [6.07, 6.45) is 3.55. The van der Waals surface area contributed by atoms with E-state index in [4.69, 9.17) is 0 Å². The van der Waals surface area contributed by atoms with E-state index in [-0.39, 0.29) is 11.9 Å². The number of amides is 1. The summed E-state index contributed by atoms with van der Waals surface area (Å²) < 4.78 is 1.69. The molecule has 1 aliphatic rings. The van der Waals surface area contributed by atoms with Crippen LogP contribution in [0.4, 0.5) is 11.4 Å². The number of hydrogen-bond acceptors (Lipinski definition) is 3. The maximum Gasteiger partial charge on any atom is 0.251 e. The van der Waals surface area contributed by atoms with E-state index in [1.165, 1.54) is 0 Å². The number of carbonyl (C=O) groups excluding carboxylic acids is 1. The minimum Gasteiger partial charge on any atom is -0.368 e. The Morgan fingerprint density at radius 3 is 2.94 bits per heavy atom. The smallest absolute Gasteiger partial charge is 0.251 e. The van der Waals surface area contributed by atoms with Crippen LogP contribution in [-0.4, -0.2) is 15.7 Å². The molecule has 1 aliphatic heterocycles. The molecule has 2 heterocycles. The van der Waals surface area contributed by atoms with Crippen LogP contribution in [0.3, 0.4) is 0 Å². The summed E-state index contributed by atoms with van der Waals surface area (Å²) in [6.45, 7) is 1.98. The van der Waals surface area contributed by atoms with Gasteiger partial charge >= 0.3 is 0 Å². The van der Waals surface area contributed by atoms with Gasteiger partial charge in [-0.25, -0.2) is 0 Å². The molecule has 1 unspecified atom stereocenters. The molecule has 3 rings (SSSR count). The van der Waals surface area contributed by atoms with Crippen LogP contribution in [0.25, 0.3) is 0 Å². The van der Waals surface area contributed by atoms with Crippen LogP contribution in [0.5, 0.6) is 0 Å². The Morgan fingerprint density at radius 2 is 2.22 bits per heavy atom. The first kappa shape index (κ1) is 10.8. The molecule has 2 aromatic rings. The zero-order valence-corrected chi connectivity index (χ0v) is 10.3. The first-order valence-electron chi connectivity index (χ1n) is 5.81. The normalized spacial score (nSPS) is 17.9. The van der Waals surface area contributed by atoms with Crippen LogP contribution in [0.2, 0.25) is 0 Å². The van der Waals surface area contributed by atoms with E-state index in [0.717, 1.165) is 22.5 Å². The standard InChI is InChI=1S/C13H14N4O/c1-8-4-3-5-10-11(8)16-13(18)12(15-10)9-6-14-17(2)7-9/h3-7,12,15H,1-2H3,(H,16,18). The van der Waals surface area contributed by atoms with E-state index in [2.05, 4.69) is 15.7 Å². The van der Waals surface area contributed by atoms with Gasteiger partial charge in [-0.05, 0) is 18.6 Å². The quantitative estimate of drug-likeness (QED) is 0.802. The summed E-state index contributed by atoms with van der Waals surface area (Å²) in [6, 6.07) is 5.53. The number of nitrogens with zero attached hydrogens (tertiary/aromatic N) is 2. The van der Waals surface area contributed by atoms with Crippen LogP contribution in [0.15, 0.2) is 30.6 Å². The number of nitrogens with one attached hydrogen (secondary N) is 2. The lowest BCUT2D eigenvalue weighted by atomic mass is 10.0. The van der Waals surface area contributed by atoms with Crippen molar-refractivity contribution in [2.75, 3.05) is 10.6 Å². The molecule has 1 atom stereocenters. The van der Waals surface area contributed by atoms with Gasteiger partial charge in [-0.1, -0.05) is 12.1 Å². The number of anilines is 2. The average Bonchev–Trinajstić information content (AvgIpc) is 2.76. The molecule has 18 heavy (non-hydrogen) atoms. The highest BCUT2D eigenvalue weighted by atomic mass is 16.2. The fourth-order valence-electron chi connectivity index (χ4n) is 2.19. The monoisotopic (exact) mass is 242 g/mol. The molecule has 1 amide bonds. The third kappa shape index (κ3) is 1.64. The Hall–Kier alpha value is -2.30. The Morgan fingerprint density at radius 1 is 1.39 bits per heavy atom. The van der Waals surface area contributed by atoms with Crippen LogP contribution < -0.4 is 10.6 Å². The summed E-state index contributed by atoms with van der Waals surface area (Å²) in [5.41, 5.74) is 3.73. The number of carbonyl (C=O) groups is 1.